The monoisotopic (exact) mass is 265 g/mol. The molecule has 0 saturated heterocycles. The van der Waals surface area contributed by atoms with E-state index in [2.05, 4.69) is 32.8 Å². The lowest BCUT2D eigenvalue weighted by atomic mass is 10.3. The van der Waals surface area contributed by atoms with Crippen molar-refractivity contribution in [2.75, 3.05) is 18.4 Å². The Hall–Kier alpha value is -1.19. The van der Waals surface area contributed by atoms with Crippen LogP contribution in [0.1, 0.15) is 38.3 Å². The molecular weight excluding hydrogens is 246 g/mol. The van der Waals surface area contributed by atoms with Crippen LogP contribution in [0.3, 0.4) is 0 Å². The van der Waals surface area contributed by atoms with E-state index in [9.17, 15) is 0 Å². The van der Waals surface area contributed by atoms with Crippen LogP contribution < -0.4 is 5.32 Å². The minimum atomic E-state index is 0.589. The van der Waals surface area contributed by atoms with E-state index in [1.165, 1.54) is 24.4 Å². The molecule has 0 bridgehead atoms. The van der Waals surface area contributed by atoms with Gasteiger partial charge in [0.25, 0.3) is 0 Å². The van der Waals surface area contributed by atoms with Crippen LogP contribution in [0, 0.1) is 11.3 Å². The first-order valence-corrected chi connectivity index (χ1v) is 7.28. The first-order chi connectivity index (χ1) is 8.85. The molecule has 0 aromatic carbocycles. The Bertz CT molecular complexity index is 407. The summed E-state index contributed by atoms with van der Waals surface area (Å²) in [7, 11) is 0. The van der Waals surface area contributed by atoms with E-state index < -0.39 is 0 Å². The fourth-order valence-corrected chi connectivity index (χ4v) is 2.50. The SMILES string of the molecule is CCCNc1snnc1CN(CCC#N)C1CC1. The van der Waals surface area contributed by atoms with Gasteiger partial charge in [-0.3, -0.25) is 4.90 Å². The van der Waals surface area contributed by atoms with E-state index in [-0.39, 0.29) is 0 Å². The quantitative estimate of drug-likeness (QED) is 0.781. The predicted octanol–water partition coefficient (Wildman–Crippen LogP) is 2.24. The van der Waals surface area contributed by atoms with Gasteiger partial charge in [-0.25, -0.2) is 0 Å². The Morgan fingerprint density at radius 2 is 2.39 bits per heavy atom. The van der Waals surface area contributed by atoms with E-state index >= 15 is 0 Å². The van der Waals surface area contributed by atoms with Gasteiger partial charge in [-0.1, -0.05) is 11.4 Å². The largest absolute Gasteiger partial charge is 0.374 e. The lowest BCUT2D eigenvalue weighted by Crippen LogP contribution is -2.27. The van der Waals surface area contributed by atoms with Crippen molar-refractivity contribution in [1.29, 1.82) is 5.26 Å². The molecule has 1 N–H and O–H groups in total. The molecule has 0 unspecified atom stereocenters. The molecule has 0 spiro atoms. The second-order valence-electron chi connectivity index (χ2n) is 4.59. The smallest absolute Gasteiger partial charge is 0.134 e. The van der Waals surface area contributed by atoms with Crippen LogP contribution in [-0.4, -0.2) is 33.6 Å². The van der Waals surface area contributed by atoms with E-state index in [1.54, 1.807) is 0 Å². The van der Waals surface area contributed by atoms with Crippen LogP contribution in [-0.2, 0) is 6.54 Å². The van der Waals surface area contributed by atoms with Crippen molar-refractivity contribution in [3.05, 3.63) is 5.69 Å². The highest BCUT2D eigenvalue weighted by Crippen LogP contribution is 2.30. The molecule has 2 rings (SSSR count). The Kier molecular flexibility index (Phi) is 4.90. The molecule has 1 aromatic rings. The molecular formula is C12H19N5S. The molecule has 18 heavy (non-hydrogen) atoms. The molecule has 1 aliphatic rings. The third-order valence-corrected chi connectivity index (χ3v) is 3.74. The van der Waals surface area contributed by atoms with Crippen molar-refractivity contribution in [2.45, 2.75) is 45.2 Å². The van der Waals surface area contributed by atoms with Gasteiger partial charge in [0.05, 0.1) is 6.07 Å². The summed E-state index contributed by atoms with van der Waals surface area (Å²) in [5.41, 5.74) is 1.03. The van der Waals surface area contributed by atoms with Crippen LogP contribution in [0.4, 0.5) is 5.00 Å². The summed E-state index contributed by atoms with van der Waals surface area (Å²) < 4.78 is 4.03. The first kappa shape index (κ1) is 13.2. The van der Waals surface area contributed by atoms with Gasteiger partial charge in [0, 0.05) is 43.6 Å². The molecule has 0 atom stereocenters. The first-order valence-electron chi connectivity index (χ1n) is 6.51. The van der Waals surface area contributed by atoms with Gasteiger partial charge in [0.15, 0.2) is 0 Å². The molecule has 6 heteroatoms. The van der Waals surface area contributed by atoms with Gasteiger partial charge in [-0.05, 0) is 19.3 Å². The van der Waals surface area contributed by atoms with Crippen LogP contribution in [0.25, 0.3) is 0 Å². The molecule has 0 radical (unpaired) electrons. The van der Waals surface area contributed by atoms with Crippen molar-refractivity contribution >= 4 is 16.5 Å². The van der Waals surface area contributed by atoms with Crippen LogP contribution in [0.2, 0.25) is 0 Å². The Morgan fingerprint density at radius 3 is 3.06 bits per heavy atom. The van der Waals surface area contributed by atoms with Crippen LogP contribution in [0.5, 0.6) is 0 Å². The summed E-state index contributed by atoms with van der Waals surface area (Å²) in [5.74, 6) is 0. The normalized spacial score (nSPS) is 14.7. The fourth-order valence-electron chi connectivity index (χ4n) is 1.90. The Morgan fingerprint density at radius 1 is 1.56 bits per heavy atom. The zero-order chi connectivity index (χ0) is 12.8. The standard InChI is InChI=1S/C12H19N5S/c1-2-7-14-12-11(15-16-18-12)9-17(8-3-6-13)10-4-5-10/h10,14H,2-5,7-9H2,1H3. The summed E-state index contributed by atoms with van der Waals surface area (Å²) in [4.78, 5) is 2.36. The molecule has 1 aliphatic carbocycles. The number of hydrogen-bond acceptors (Lipinski definition) is 6. The zero-order valence-electron chi connectivity index (χ0n) is 10.7. The number of anilines is 1. The van der Waals surface area contributed by atoms with Crippen molar-refractivity contribution in [3.8, 4) is 6.07 Å². The van der Waals surface area contributed by atoms with Crippen molar-refractivity contribution in [3.63, 3.8) is 0 Å². The Labute approximate surface area is 112 Å². The highest BCUT2D eigenvalue weighted by Gasteiger charge is 2.29. The lowest BCUT2D eigenvalue weighted by molar-refractivity contribution is 0.258. The maximum absolute atomic E-state index is 8.70. The highest BCUT2D eigenvalue weighted by molar-refractivity contribution is 7.10. The highest BCUT2D eigenvalue weighted by atomic mass is 32.1. The van der Waals surface area contributed by atoms with E-state index in [4.69, 9.17) is 5.26 Å². The summed E-state index contributed by atoms with van der Waals surface area (Å²) in [5, 5.41) is 17.4. The fraction of sp³-hybridized carbons (Fsp3) is 0.750. The van der Waals surface area contributed by atoms with Gasteiger partial charge in [0.1, 0.15) is 10.7 Å². The van der Waals surface area contributed by atoms with Crippen molar-refractivity contribution in [2.24, 2.45) is 0 Å². The molecule has 1 heterocycles. The maximum Gasteiger partial charge on any atom is 0.134 e. The number of nitriles is 1. The topological polar surface area (TPSA) is 64.8 Å². The zero-order valence-corrected chi connectivity index (χ0v) is 11.5. The van der Waals surface area contributed by atoms with Crippen LogP contribution in [0.15, 0.2) is 0 Å². The summed E-state index contributed by atoms with van der Waals surface area (Å²) >= 11 is 1.42. The minimum absolute atomic E-state index is 0.589. The lowest BCUT2D eigenvalue weighted by Gasteiger charge is -2.19. The molecule has 5 nitrogen and oxygen atoms in total. The van der Waals surface area contributed by atoms with E-state index in [0.29, 0.717) is 12.5 Å². The Balaban J connectivity index is 1.93. The van der Waals surface area contributed by atoms with Crippen molar-refractivity contribution < 1.29 is 0 Å². The number of rotatable bonds is 8. The molecule has 0 aliphatic heterocycles. The van der Waals surface area contributed by atoms with Crippen molar-refractivity contribution in [1.82, 2.24) is 14.5 Å². The molecule has 98 valence electrons. The number of aromatic nitrogens is 2. The van der Waals surface area contributed by atoms with Gasteiger partial charge >= 0.3 is 0 Å². The molecule has 1 aromatic heterocycles. The number of hydrogen-bond donors (Lipinski definition) is 1. The predicted molar refractivity (Wildman–Crippen MR) is 72.4 cm³/mol. The average molecular weight is 265 g/mol. The maximum atomic E-state index is 8.70. The second-order valence-corrected chi connectivity index (χ2v) is 5.34. The number of nitrogens with zero attached hydrogens (tertiary/aromatic N) is 4. The molecule has 1 fully saturated rings. The molecule has 1 saturated carbocycles. The summed E-state index contributed by atoms with van der Waals surface area (Å²) in [6.07, 6.45) is 4.19. The summed E-state index contributed by atoms with van der Waals surface area (Å²) in [6, 6.07) is 2.87. The second kappa shape index (κ2) is 6.66. The van der Waals surface area contributed by atoms with E-state index in [1.807, 2.05) is 0 Å². The van der Waals surface area contributed by atoms with Crippen LogP contribution >= 0.6 is 11.5 Å². The molecule has 0 amide bonds. The summed E-state index contributed by atoms with van der Waals surface area (Å²) in [6.45, 7) is 4.75. The number of nitrogens with one attached hydrogen (secondary N) is 1. The van der Waals surface area contributed by atoms with Gasteiger partial charge in [0.2, 0.25) is 0 Å². The average Bonchev–Trinajstić information content (AvgIpc) is 3.13. The van der Waals surface area contributed by atoms with Gasteiger partial charge in [-0.15, -0.1) is 5.10 Å². The third kappa shape index (κ3) is 3.65. The van der Waals surface area contributed by atoms with Gasteiger partial charge < -0.3 is 5.32 Å². The minimum Gasteiger partial charge on any atom is -0.374 e. The van der Waals surface area contributed by atoms with Gasteiger partial charge in [-0.2, -0.15) is 5.26 Å². The third-order valence-electron chi connectivity index (χ3n) is 3.02. The van der Waals surface area contributed by atoms with E-state index in [0.717, 1.165) is 36.8 Å².